The first-order chi connectivity index (χ1) is 13.2. The number of carbonyl (C=O) groups is 1. The predicted molar refractivity (Wildman–Crippen MR) is 103 cm³/mol. The van der Waals surface area contributed by atoms with E-state index in [4.69, 9.17) is 9.47 Å². The van der Waals surface area contributed by atoms with Gasteiger partial charge in [0.15, 0.2) is 11.5 Å². The summed E-state index contributed by atoms with van der Waals surface area (Å²) in [6.45, 7) is 1.43. The van der Waals surface area contributed by atoms with E-state index >= 15 is 0 Å². The van der Waals surface area contributed by atoms with E-state index in [1.54, 1.807) is 32.4 Å². The molecule has 0 radical (unpaired) electrons. The van der Waals surface area contributed by atoms with E-state index in [0.717, 1.165) is 17.8 Å². The zero-order valence-electron chi connectivity index (χ0n) is 15.5. The molecule has 1 amide bonds. The van der Waals surface area contributed by atoms with E-state index in [1.165, 1.54) is 0 Å². The molecule has 1 aliphatic rings. The molecule has 2 aromatic carbocycles. The molecule has 0 N–H and O–H groups in total. The molecule has 1 atom stereocenters. The van der Waals surface area contributed by atoms with Crippen LogP contribution in [0.2, 0.25) is 0 Å². The van der Waals surface area contributed by atoms with E-state index in [1.807, 2.05) is 29.2 Å². The lowest BCUT2D eigenvalue weighted by Crippen LogP contribution is -2.42. The number of ether oxygens (including phenoxy) is 2. The second-order valence-electron chi connectivity index (χ2n) is 6.51. The number of hydrogen-bond donors (Lipinski definition) is 0. The summed E-state index contributed by atoms with van der Waals surface area (Å²) in [6, 6.07) is 19.5. The maximum Gasteiger partial charge on any atom is 0.254 e. The number of amides is 1. The van der Waals surface area contributed by atoms with Crippen molar-refractivity contribution in [1.29, 1.82) is 0 Å². The van der Waals surface area contributed by atoms with Gasteiger partial charge in [-0.15, -0.1) is 0 Å². The number of methoxy groups -OCH3 is 2. The summed E-state index contributed by atoms with van der Waals surface area (Å²) < 4.78 is 12.9. The minimum Gasteiger partial charge on any atom is -0.493 e. The summed E-state index contributed by atoms with van der Waals surface area (Å²) >= 11 is 0. The van der Waals surface area contributed by atoms with Gasteiger partial charge in [0.05, 0.1) is 20.3 Å². The van der Waals surface area contributed by atoms with Crippen molar-refractivity contribution >= 4 is 5.91 Å². The van der Waals surface area contributed by atoms with Crippen molar-refractivity contribution in [2.75, 3.05) is 20.8 Å². The fourth-order valence-corrected chi connectivity index (χ4v) is 3.72. The van der Waals surface area contributed by atoms with Crippen molar-refractivity contribution in [3.8, 4) is 11.5 Å². The van der Waals surface area contributed by atoms with E-state index < -0.39 is 0 Å². The quantitative estimate of drug-likeness (QED) is 0.710. The standard InChI is InChI=1S/C22H22N2O3/c1-26-19-11-10-17(15-20(19)27-2)22(25)24-14-13-23-12-6-9-18(23)21(24)16-7-4-3-5-8-16/h3-12,15,21H,13-14H2,1-2H3/t21-/m1/s1. The molecule has 138 valence electrons. The number of hydrogen-bond acceptors (Lipinski definition) is 3. The van der Waals surface area contributed by atoms with Crippen LogP contribution in [0.4, 0.5) is 0 Å². The largest absolute Gasteiger partial charge is 0.493 e. The van der Waals surface area contributed by atoms with Crippen molar-refractivity contribution in [2.45, 2.75) is 12.6 Å². The average Bonchev–Trinajstić information content (AvgIpc) is 3.21. The summed E-state index contributed by atoms with van der Waals surface area (Å²) in [7, 11) is 3.16. The highest BCUT2D eigenvalue weighted by atomic mass is 16.5. The minimum absolute atomic E-state index is 0.0164. The normalized spacial score (nSPS) is 15.9. The first kappa shape index (κ1) is 17.2. The van der Waals surface area contributed by atoms with Gasteiger partial charge in [0.25, 0.3) is 5.91 Å². The smallest absolute Gasteiger partial charge is 0.254 e. The Morgan fingerprint density at radius 1 is 0.926 bits per heavy atom. The molecule has 0 bridgehead atoms. The van der Waals surface area contributed by atoms with Crippen LogP contribution < -0.4 is 9.47 Å². The van der Waals surface area contributed by atoms with Crippen LogP contribution in [0.1, 0.15) is 27.7 Å². The molecule has 0 spiro atoms. The highest BCUT2D eigenvalue weighted by Gasteiger charge is 2.32. The summed E-state index contributed by atoms with van der Waals surface area (Å²) in [4.78, 5) is 15.3. The molecule has 0 aliphatic carbocycles. The molecule has 5 nitrogen and oxygen atoms in total. The third kappa shape index (κ3) is 3.05. The highest BCUT2D eigenvalue weighted by molar-refractivity contribution is 5.95. The number of rotatable bonds is 4. The Kier molecular flexibility index (Phi) is 4.59. The Hall–Kier alpha value is -3.21. The van der Waals surface area contributed by atoms with Gasteiger partial charge in [0.2, 0.25) is 0 Å². The van der Waals surface area contributed by atoms with Crippen LogP contribution >= 0.6 is 0 Å². The van der Waals surface area contributed by atoms with Gasteiger partial charge >= 0.3 is 0 Å². The van der Waals surface area contributed by atoms with Gasteiger partial charge in [0, 0.05) is 30.5 Å². The molecular formula is C22H22N2O3. The molecule has 0 fully saturated rings. The Bertz CT molecular complexity index is 949. The third-order valence-corrected chi connectivity index (χ3v) is 5.04. The van der Waals surface area contributed by atoms with E-state index in [-0.39, 0.29) is 11.9 Å². The van der Waals surface area contributed by atoms with Crippen LogP contribution in [-0.4, -0.2) is 36.1 Å². The van der Waals surface area contributed by atoms with Crippen molar-refractivity contribution in [3.63, 3.8) is 0 Å². The Morgan fingerprint density at radius 3 is 2.44 bits per heavy atom. The Morgan fingerprint density at radius 2 is 1.70 bits per heavy atom. The maximum atomic E-state index is 13.4. The molecule has 27 heavy (non-hydrogen) atoms. The van der Waals surface area contributed by atoms with E-state index in [2.05, 4.69) is 29.0 Å². The van der Waals surface area contributed by atoms with Gasteiger partial charge in [-0.2, -0.15) is 0 Å². The number of nitrogens with zero attached hydrogens (tertiary/aromatic N) is 2. The fraction of sp³-hybridized carbons (Fsp3) is 0.227. The van der Waals surface area contributed by atoms with Gasteiger partial charge in [-0.3, -0.25) is 4.79 Å². The first-order valence-corrected chi connectivity index (χ1v) is 8.96. The summed E-state index contributed by atoms with van der Waals surface area (Å²) in [5, 5.41) is 0. The van der Waals surface area contributed by atoms with Gasteiger partial charge < -0.3 is 18.9 Å². The number of carbonyl (C=O) groups excluding carboxylic acids is 1. The van der Waals surface area contributed by atoms with Crippen molar-refractivity contribution in [1.82, 2.24) is 9.47 Å². The minimum atomic E-state index is -0.115. The molecule has 3 aromatic rings. The van der Waals surface area contributed by atoms with Gasteiger partial charge in [-0.05, 0) is 35.9 Å². The lowest BCUT2D eigenvalue weighted by atomic mass is 9.99. The van der Waals surface area contributed by atoms with E-state index in [0.29, 0.717) is 23.6 Å². The number of aromatic nitrogens is 1. The monoisotopic (exact) mass is 362 g/mol. The highest BCUT2D eigenvalue weighted by Crippen LogP contribution is 2.35. The molecule has 2 heterocycles. The number of benzene rings is 2. The zero-order chi connectivity index (χ0) is 18.8. The van der Waals surface area contributed by atoms with Crippen molar-refractivity contribution < 1.29 is 14.3 Å². The second-order valence-corrected chi connectivity index (χ2v) is 6.51. The van der Waals surface area contributed by atoms with E-state index in [9.17, 15) is 4.79 Å². The van der Waals surface area contributed by atoms with Crippen LogP contribution in [-0.2, 0) is 6.54 Å². The average molecular weight is 362 g/mol. The molecule has 0 saturated carbocycles. The Balaban J connectivity index is 1.74. The molecule has 1 aromatic heterocycles. The lowest BCUT2D eigenvalue weighted by Gasteiger charge is -2.37. The lowest BCUT2D eigenvalue weighted by molar-refractivity contribution is 0.0663. The Labute approximate surface area is 158 Å². The van der Waals surface area contributed by atoms with Crippen molar-refractivity contribution in [3.05, 3.63) is 83.7 Å². The van der Waals surface area contributed by atoms with Crippen LogP contribution in [0.25, 0.3) is 0 Å². The zero-order valence-corrected chi connectivity index (χ0v) is 15.5. The van der Waals surface area contributed by atoms with Crippen LogP contribution in [0.15, 0.2) is 66.9 Å². The second kappa shape index (κ2) is 7.19. The molecule has 5 heteroatoms. The topological polar surface area (TPSA) is 43.7 Å². The summed E-state index contributed by atoms with van der Waals surface area (Å²) in [6.07, 6.45) is 2.07. The van der Waals surface area contributed by atoms with Gasteiger partial charge in [-0.1, -0.05) is 30.3 Å². The molecule has 4 rings (SSSR count). The predicted octanol–water partition coefficient (Wildman–Crippen LogP) is 3.75. The SMILES string of the molecule is COc1ccc(C(=O)N2CCn3cccc3[C@H]2c2ccccc2)cc1OC. The first-order valence-electron chi connectivity index (χ1n) is 8.96. The van der Waals surface area contributed by atoms with Gasteiger partial charge in [-0.25, -0.2) is 0 Å². The molecule has 0 unspecified atom stereocenters. The number of fused-ring (bicyclic) bond motifs is 1. The maximum absolute atomic E-state index is 13.4. The molecule has 1 aliphatic heterocycles. The van der Waals surface area contributed by atoms with Crippen LogP contribution in [0.5, 0.6) is 11.5 Å². The molecule has 0 saturated heterocycles. The summed E-state index contributed by atoms with van der Waals surface area (Å²) in [5.74, 6) is 1.15. The fourth-order valence-electron chi connectivity index (χ4n) is 3.72. The van der Waals surface area contributed by atoms with Gasteiger partial charge in [0.1, 0.15) is 0 Å². The summed E-state index contributed by atoms with van der Waals surface area (Å²) in [5.41, 5.74) is 2.82. The van der Waals surface area contributed by atoms with Crippen molar-refractivity contribution in [2.24, 2.45) is 0 Å². The third-order valence-electron chi connectivity index (χ3n) is 5.04. The van der Waals surface area contributed by atoms with Crippen LogP contribution in [0.3, 0.4) is 0 Å². The molecular weight excluding hydrogens is 340 g/mol. The van der Waals surface area contributed by atoms with Crippen LogP contribution in [0, 0.1) is 0 Å².